The fourth-order valence-electron chi connectivity index (χ4n) is 3.84. The van der Waals surface area contributed by atoms with Crippen LogP contribution < -0.4 is 5.32 Å². The molecule has 1 N–H and O–H groups in total. The molecule has 1 saturated heterocycles. The number of thiazole rings is 1. The molecule has 1 amide bonds. The summed E-state index contributed by atoms with van der Waals surface area (Å²) in [5.74, 6) is 0.495. The standard InChI is InChI=1S/C22H24N4O2S/c27-22(23-11-20-25-19(14-29-20)16-6-7-16)18-8-9-28-21(18)17-10-24-26(13-17)12-15-4-2-1-3-5-15/h1-5,10,13-14,16,18,21H,6-9,11-12H2,(H,23,27)/t18-,21+/m0/s1. The number of hydrogen-bond acceptors (Lipinski definition) is 5. The van der Waals surface area contributed by atoms with Crippen molar-refractivity contribution >= 4 is 17.2 Å². The average Bonchev–Trinajstić information content (AvgIpc) is 3.13. The van der Waals surface area contributed by atoms with E-state index in [0.717, 1.165) is 17.0 Å². The molecule has 0 radical (unpaired) electrons. The fourth-order valence-corrected chi connectivity index (χ4v) is 4.65. The van der Waals surface area contributed by atoms with Crippen LogP contribution in [0.2, 0.25) is 0 Å². The number of rotatable bonds is 7. The summed E-state index contributed by atoms with van der Waals surface area (Å²) in [6, 6.07) is 10.2. The number of nitrogens with one attached hydrogen (secondary N) is 1. The summed E-state index contributed by atoms with van der Waals surface area (Å²) in [5.41, 5.74) is 3.34. The molecular formula is C22H24N4O2S. The van der Waals surface area contributed by atoms with E-state index in [2.05, 4.69) is 32.9 Å². The van der Waals surface area contributed by atoms with Crippen LogP contribution in [0.5, 0.6) is 0 Å². The van der Waals surface area contributed by atoms with Gasteiger partial charge in [0.1, 0.15) is 5.01 Å². The lowest BCUT2D eigenvalue weighted by Gasteiger charge is -2.16. The molecule has 2 fully saturated rings. The lowest BCUT2D eigenvalue weighted by atomic mass is 9.96. The first kappa shape index (κ1) is 18.5. The van der Waals surface area contributed by atoms with Gasteiger partial charge in [-0.25, -0.2) is 4.98 Å². The highest BCUT2D eigenvalue weighted by Gasteiger charge is 2.36. The largest absolute Gasteiger partial charge is 0.373 e. The summed E-state index contributed by atoms with van der Waals surface area (Å²) in [5, 5.41) is 10.6. The Bertz CT molecular complexity index is 980. The first-order chi connectivity index (χ1) is 14.3. The van der Waals surface area contributed by atoms with E-state index < -0.39 is 0 Å². The maximum Gasteiger partial charge on any atom is 0.226 e. The van der Waals surface area contributed by atoms with Gasteiger partial charge in [-0.05, 0) is 24.8 Å². The number of amides is 1. The Hall–Kier alpha value is -2.51. The molecule has 1 aliphatic heterocycles. The molecule has 150 valence electrons. The number of carbonyl (C=O) groups is 1. The number of nitrogens with zero attached hydrogens (tertiary/aromatic N) is 3. The molecule has 5 rings (SSSR count). The van der Waals surface area contributed by atoms with Crippen molar-refractivity contribution in [2.45, 2.75) is 44.4 Å². The third-order valence-electron chi connectivity index (χ3n) is 5.58. The highest BCUT2D eigenvalue weighted by Crippen LogP contribution is 2.40. The van der Waals surface area contributed by atoms with E-state index in [4.69, 9.17) is 4.74 Å². The second-order valence-electron chi connectivity index (χ2n) is 7.80. The molecule has 7 heteroatoms. The molecule has 2 aliphatic rings. The van der Waals surface area contributed by atoms with Gasteiger partial charge in [0.05, 0.1) is 37.0 Å². The molecule has 1 aliphatic carbocycles. The van der Waals surface area contributed by atoms with Crippen molar-refractivity contribution in [2.24, 2.45) is 5.92 Å². The van der Waals surface area contributed by atoms with Crippen molar-refractivity contribution in [3.05, 3.63) is 69.9 Å². The SMILES string of the molecule is O=C(NCc1nc(C2CC2)cs1)[C@H]1CCO[C@@H]1c1cnn(Cc2ccccc2)c1. The molecule has 3 aromatic rings. The van der Waals surface area contributed by atoms with E-state index >= 15 is 0 Å². The summed E-state index contributed by atoms with van der Waals surface area (Å²) in [4.78, 5) is 17.5. The van der Waals surface area contributed by atoms with E-state index in [1.54, 1.807) is 11.3 Å². The first-order valence-electron chi connectivity index (χ1n) is 10.2. The molecular weight excluding hydrogens is 384 g/mol. The quantitative estimate of drug-likeness (QED) is 0.648. The van der Waals surface area contributed by atoms with Gasteiger partial charge in [0.15, 0.2) is 0 Å². The number of benzene rings is 1. The number of ether oxygens (including phenoxy) is 1. The molecule has 1 aromatic carbocycles. The molecule has 29 heavy (non-hydrogen) atoms. The molecule has 0 spiro atoms. The van der Waals surface area contributed by atoms with E-state index in [9.17, 15) is 4.79 Å². The van der Waals surface area contributed by atoms with Crippen LogP contribution in [0.3, 0.4) is 0 Å². The Morgan fingerprint density at radius 2 is 2.10 bits per heavy atom. The van der Waals surface area contributed by atoms with Crippen molar-refractivity contribution in [3.8, 4) is 0 Å². The zero-order valence-electron chi connectivity index (χ0n) is 16.2. The van der Waals surface area contributed by atoms with Crippen LogP contribution in [0.4, 0.5) is 0 Å². The van der Waals surface area contributed by atoms with E-state index in [1.165, 1.54) is 24.1 Å². The van der Waals surface area contributed by atoms with Crippen molar-refractivity contribution < 1.29 is 9.53 Å². The fraction of sp³-hybridized carbons (Fsp3) is 0.409. The minimum absolute atomic E-state index is 0.0338. The number of hydrogen-bond donors (Lipinski definition) is 1. The topological polar surface area (TPSA) is 69.0 Å². The number of aromatic nitrogens is 3. The Balaban J connectivity index is 1.20. The van der Waals surface area contributed by atoms with Crippen LogP contribution in [0.25, 0.3) is 0 Å². The third-order valence-corrected chi connectivity index (χ3v) is 6.44. The van der Waals surface area contributed by atoms with Crippen LogP contribution >= 0.6 is 11.3 Å². The highest BCUT2D eigenvalue weighted by atomic mass is 32.1. The maximum atomic E-state index is 12.8. The maximum absolute atomic E-state index is 12.8. The van der Waals surface area contributed by atoms with Crippen LogP contribution in [0.1, 0.15) is 53.1 Å². The van der Waals surface area contributed by atoms with Gasteiger partial charge >= 0.3 is 0 Å². The predicted octanol–water partition coefficient (Wildman–Crippen LogP) is 3.66. The van der Waals surface area contributed by atoms with Gasteiger partial charge in [-0.15, -0.1) is 11.3 Å². The normalized spacial score (nSPS) is 21.4. The Morgan fingerprint density at radius 3 is 2.93 bits per heavy atom. The van der Waals surface area contributed by atoms with Crippen LogP contribution in [0.15, 0.2) is 48.1 Å². The second kappa shape index (κ2) is 8.08. The van der Waals surface area contributed by atoms with E-state index in [-0.39, 0.29) is 17.9 Å². The summed E-state index contributed by atoms with van der Waals surface area (Å²) in [6.45, 7) is 1.79. The average molecular weight is 409 g/mol. The lowest BCUT2D eigenvalue weighted by molar-refractivity contribution is -0.126. The monoisotopic (exact) mass is 408 g/mol. The summed E-state index contributed by atoms with van der Waals surface area (Å²) in [7, 11) is 0. The van der Waals surface area contributed by atoms with Gasteiger partial charge in [0.25, 0.3) is 0 Å². The van der Waals surface area contributed by atoms with Crippen molar-refractivity contribution in [3.63, 3.8) is 0 Å². The van der Waals surface area contributed by atoms with Gasteiger partial charge in [-0.3, -0.25) is 9.48 Å². The summed E-state index contributed by atoms with van der Waals surface area (Å²) in [6.07, 6.45) is 6.79. The van der Waals surface area contributed by atoms with Crippen LogP contribution in [-0.2, 0) is 22.6 Å². The summed E-state index contributed by atoms with van der Waals surface area (Å²) < 4.78 is 7.80. The third kappa shape index (κ3) is 4.26. The minimum atomic E-state index is -0.238. The molecule has 6 nitrogen and oxygen atoms in total. The molecule has 2 aromatic heterocycles. The lowest BCUT2D eigenvalue weighted by Crippen LogP contribution is -2.31. The Kier molecular flexibility index (Phi) is 5.16. The molecule has 1 saturated carbocycles. The van der Waals surface area contributed by atoms with Crippen molar-refractivity contribution in [2.75, 3.05) is 6.61 Å². The van der Waals surface area contributed by atoms with Gasteiger partial charge in [0.2, 0.25) is 5.91 Å². The predicted molar refractivity (Wildman–Crippen MR) is 111 cm³/mol. The van der Waals surface area contributed by atoms with Crippen LogP contribution in [-0.4, -0.2) is 27.3 Å². The van der Waals surface area contributed by atoms with Gasteiger partial charge in [-0.2, -0.15) is 5.10 Å². The molecule has 0 unspecified atom stereocenters. The van der Waals surface area contributed by atoms with Gasteiger partial charge < -0.3 is 10.1 Å². The summed E-state index contributed by atoms with van der Waals surface area (Å²) >= 11 is 1.63. The van der Waals surface area contributed by atoms with E-state index in [1.807, 2.05) is 35.3 Å². The Labute approximate surface area is 173 Å². The molecule has 3 heterocycles. The molecule has 2 atom stereocenters. The zero-order valence-corrected chi connectivity index (χ0v) is 17.0. The Morgan fingerprint density at radius 1 is 1.24 bits per heavy atom. The smallest absolute Gasteiger partial charge is 0.226 e. The van der Waals surface area contributed by atoms with Crippen LogP contribution in [0, 0.1) is 5.92 Å². The zero-order chi connectivity index (χ0) is 19.6. The van der Waals surface area contributed by atoms with Crippen molar-refractivity contribution in [1.82, 2.24) is 20.1 Å². The molecule has 0 bridgehead atoms. The van der Waals surface area contributed by atoms with Crippen molar-refractivity contribution in [1.29, 1.82) is 0 Å². The van der Waals surface area contributed by atoms with Gasteiger partial charge in [0, 0.05) is 29.7 Å². The first-order valence-corrected chi connectivity index (χ1v) is 11.0. The van der Waals surface area contributed by atoms with Gasteiger partial charge in [-0.1, -0.05) is 30.3 Å². The van der Waals surface area contributed by atoms with E-state index in [0.29, 0.717) is 25.6 Å². The minimum Gasteiger partial charge on any atom is -0.373 e. The second-order valence-corrected chi connectivity index (χ2v) is 8.74. The highest BCUT2D eigenvalue weighted by molar-refractivity contribution is 7.09. The number of carbonyl (C=O) groups excluding carboxylic acids is 1.